The van der Waals surface area contributed by atoms with Crippen molar-refractivity contribution in [2.45, 2.75) is 58.7 Å². The van der Waals surface area contributed by atoms with Crippen molar-refractivity contribution >= 4 is 5.91 Å². The third kappa shape index (κ3) is 4.49. The van der Waals surface area contributed by atoms with Crippen molar-refractivity contribution in [1.29, 1.82) is 0 Å². The van der Waals surface area contributed by atoms with Gasteiger partial charge in [0.15, 0.2) is 5.82 Å². The minimum Gasteiger partial charge on any atom is -0.338 e. The SMILES string of the molecule is CCC1CN(Cc2nc(C(C)C)no2)CCC(=O)N1Cc1ccccc1. The maximum atomic E-state index is 12.7. The molecule has 1 aliphatic rings. The van der Waals surface area contributed by atoms with Crippen LogP contribution in [-0.2, 0) is 17.9 Å². The van der Waals surface area contributed by atoms with E-state index in [4.69, 9.17) is 4.52 Å². The van der Waals surface area contributed by atoms with Crippen LogP contribution in [0.1, 0.15) is 56.8 Å². The summed E-state index contributed by atoms with van der Waals surface area (Å²) < 4.78 is 5.39. The highest BCUT2D eigenvalue weighted by molar-refractivity contribution is 5.77. The van der Waals surface area contributed by atoms with Crippen LogP contribution >= 0.6 is 0 Å². The van der Waals surface area contributed by atoms with E-state index in [9.17, 15) is 4.79 Å². The average Bonchev–Trinajstić information content (AvgIpc) is 3.06. The van der Waals surface area contributed by atoms with Crippen LogP contribution in [0.5, 0.6) is 0 Å². The van der Waals surface area contributed by atoms with Crippen molar-refractivity contribution in [3.05, 3.63) is 47.6 Å². The first-order valence-electron chi connectivity index (χ1n) is 9.45. The zero-order valence-corrected chi connectivity index (χ0v) is 15.9. The van der Waals surface area contributed by atoms with E-state index in [1.54, 1.807) is 0 Å². The number of hydrogen-bond donors (Lipinski definition) is 0. The normalized spacial score (nSPS) is 19.2. The van der Waals surface area contributed by atoms with Crippen molar-refractivity contribution < 1.29 is 9.32 Å². The van der Waals surface area contributed by atoms with Crippen LogP contribution < -0.4 is 0 Å². The first kappa shape index (κ1) is 18.6. The van der Waals surface area contributed by atoms with Crippen molar-refractivity contribution in [2.24, 2.45) is 0 Å². The van der Waals surface area contributed by atoms with Gasteiger partial charge in [0.1, 0.15) is 0 Å². The minimum atomic E-state index is 0.192. The van der Waals surface area contributed by atoms with Gasteiger partial charge in [-0.1, -0.05) is 56.3 Å². The molecule has 0 spiro atoms. The Morgan fingerprint density at radius 3 is 2.65 bits per heavy atom. The number of nitrogens with zero attached hydrogens (tertiary/aromatic N) is 4. The second kappa shape index (κ2) is 8.45. The number of benzene rings is 1. The molecule has 0 radical (unpaired) electrons. The maximum Gasteiger partial charge on any atom is 0.240 e. The Morgan fingerprint density at radius 2 is 2.00 bits per heavy atom. The molecular weight excluding hydrogens is 328 g/mol. The molecule has 1 atom stereocenters. The zero-order chi connectivity index (χ0) is 18.5. The standard InChI is InChI=1S/C20H28N4O2/c1-4-17-13-23(14-18-21-20(15(2)3)22-26-18)11-10-19(25)24(17)12-16-8-6-5-7-9-16/h5-9,15,17H,4,10-14H2,1-3H3. The van der Waals surface area contributed by atoms with E-state index < -0.39 is 0 Å². The molecule has 0 bridgehead atoms. The number of carbonyl (C=O) groups excluding carboxylic acids is 1. The zero-order valence-electron chi connectivity index (χ0n) is 15.9. The van der Waals surface area contributed by atoms with Crippen molar-refractivity contribution in [3.63, 3.8) is 0 Å². The predicted molar refractivity (Wildman–Crippen MR) is 99.4 cm³/mol. The highest BCUT2D eigenvalue weighted by Crippen LogP contribution is 2.19. The number of carbonyl (C=O) groups is 1. The molecule has 26 heavy (non-hydrogen) atoms. The molecule has 1 saturated heterocycles. The highest BCUT2D eigenvalue weighted by atomic mass is 16.5. The molecule has 0 aliphatic carbocycles. The summed E-state index contributed by atoms with van der Waals surface area (Å²) >= 11 is 0. The Hall–Kier alpha value is -2.21. The van der Waals surface area contributed by atoms with Crippen molar-refractivity contribution in [2.75, 3.05) is 13.1 Å². The lowest BCUT2D eigenvalue weighted by molar-refractivity contribution is -0.133. The van der Waals surface area contributed by atoms with Crippen LogP contribution in [0.25, 0.3) is 0 Å². The van der Waals surface area contributed by atoms with Gasteiger partial charge in [0.25, 0.3) is 0 Å². The van der Waals surface area contributed by atoms with Gasteiger partial charge in [0, 0.05) is 38.0 Å². The Labute approximate surface area is 155 Å². The van der Waals surface area contributed by atoms with Gasteiger partial charge in [-0.3, -0.25) is 9.69 Å². The summed E-state index contributed by atoms with van der Waals surface area (Å²) in [6.07, 6.45) is 1.45. The minimum absolute atomic E-state index is 0.192. The molecule has 3 rings (SSSR count). The molecule has 6 nitrogen and oxygen atoms in total. The molecule has 2 aromatic rings. The topological polar surface area (TPSA) is 62.5 Å². The lowest BCUT2D eigenvalue weighted by Gasteiger charge is -2.31. The van der Waals surface area contributed by atoms with Gasteiger partial charge in [-0.2, -0.15) is 4.98 Å². The van der Waals surface area contributed by atoms with E-state index in [-0.39, 0.29) is 17.9 Å². The summed E-state index contributed by atoms with van der Waals surface area (Å²) in [6.45, 7) is 9.06. The van der Waals surface area contributed by atoms with Gasteiger partial charge < -0.3 is 9.42 Å². The third-order valence-corrected chi connectivity index (χ3v) is 4.90. The Morgan fingerprint density at radius 1 is 1.23 bits per heavy atom. The van der Waals surface area contributed by atoms with Crippen molar-refractivity contribution in [3.8, 4) is 0 Å². The number of hydrogen-bond acceptors (Lipinski definition) is 5. The molecule has 140 valence electrons. The fourth-order valence-electron chi connectivity index (χ4n) is 3.34. The van der Waals surface area contributed by atoms with Crippen LogP contribution in [0.2, 0.25) is 0 Å². The monoisotopic (exact) mass is 356 g/mol. The van der Waals surface area contributed by atoms with E-state index in [1.807, 2.05) is 36.9 Å². The Balaban J connectivity index is 1.69. The molecule has 0 N–H and O–H groups in total. The van der Waals surface area contributed by atoms with Gasteiger partial charge in [-0.25, -0.2) is 0 Å². The van der Waals surface area contributed by atoms with Crippen LogP contribution in [-0.4, -0.2) is 45.0 Å². The summed E-state index contributed by atoms with van der Waals surface area (Å²) in [5.41, 5.74) is 1.17. The van der Waals surface area contributed by atoms with E-state index in [0.29, 0.717) is 25.4 Å². The Kier molecular flexibility index (Phi) is 6.04. The summed E-state index contributed by atoms with van der Waals surface area (Å²) in [7, 11) is 0. The van der Waals surface area contributed by atoms with Gasteiger partial charge in [0.2, 0.25) is 11.8 Å². The number of amides is 1. The fraction of sp³-hybridized carbons (Fsp3) is 0.550. The van der Waals surface area contributed by atoms with Crippen LogP contribution in [0.3, 0.4) is 0 Å². The van der Waals surface area contributed by atoms with Crippen molar-refractivity contribution in [1.82, 2.24) is 19.9 Å². The van der Waals surface area contributed by atoms with Crippen LogP contribution in [0.4, 0.5) is 0 Å². The average molecular weight is 356 g/mol. The lowest BCUT2D eigenvalue weighted by Crippen LogP contribution is -2.42. The van der Waals surface area contributed by atoms with E-state index in [2.05, 4.69) is 34.1 Å². The summed E-state index contributed by atoms with van der Waals surface area (Å²) in [6, 6.07) is 10.4. The fourth-order valence-corrected chi connectivity index (χ4v) is 3.34. The molecule has 6 heteroatoms. The van der Waals surface area contributed by atoms with Crippen LogP contribution in [0.15, 0.2) is 34.9 Å². The smallest absolute Gasteiger partial charge is 0.240 e. The second-order valence-electron chi connectivity index (χ2n) is 7.26. The molecule has 2 heterocycles. The first-order valence-corrected chi connectivity index (χ1v) is 9.45. The maximum absolute atomic E-state index is 12.7. The van der Waals surface area contributed by atoms with E-state index >= 15 is 0 Å². The van der Waals surface area contributed by atoms with E-state index in [0.717, 1.165) is 25.3 Å². The molecule has 1 aromatic heterocycles. The Bertz CT molecular complexity index is 714. The van der Waals surface area contributed by atoms with E-state index in [1.165, 1.54) is 5.56 Å². The first-order chi connectivity index (χ1) is 12.6. The third-order valence-electron chi connectivity index (χ3n) is 4.90. The summed E-state index contributed by atoms with van der Waals surface area (Å²) in [4.78, 5) is 21.5. The number of aromatic nitrogens is 2. The molecular formula is C20H28N4O2. The number of rotatable bonds is 6. The molecule has 0 saturated carbocycles. The van der Waals surface area contributed by atoms with Crippen LogP contribution in [0, 0.1) is 0 Å². The summed E-state index contributed by atoms with van der Waals surface area (Å²) in [5.74, 6) is 1.84. The van der Waals surface area contributed by atoms with Gasteiger partial charge >= 0.3 is 0 Å². The molecule has 1 unspecified atom stereocenters. The molecule has 1 amide bonds. The second-order valence-corrected chi connectivity index (χ2v) is 7.26. The molecule has 1 aliphatic heterocycles. The molecule has 1 aromatic carbocycles. The van der Waals surface area contributed by atoms with Gasteiger partial charge in [-0.15, -0.1) is 0 Å². The highest BCUT2D eigenvalue weighted by Gasteiger charge is 2.29. The predicted octanol–water partition coefficient (Wildman–Crippen LogP) is 3.21. The quantitative estimate of drug-likeness (QED) is 0.795. The summed E-state index contributed by atoms with van der Waals surface area (Å²) in [5, 5.41) is 4.04. The largest absolute Gasteiger partial charge is 0.338 e. The van der Waals surface area contributed by atoms with Gasteiger partial charge in [0.05, 0.1) is 6.54 Å². The molecule has 1 fully saturated rings. The lowest BCUT2D eigenvalue weighted by atomic mass is 10.1. The van der Waals surface area contributed by atoms with Gasteiger partial charge in [-0.05, 0) is 12.0 Å².